The van der Waals surface area contributed by atoms with Crippen molar-refractivity contribution in [3.63, 3.8) is 0 Å². The summed E-state index contributed by atoms with van der Waals surface area (Å²) >= 11 is 0. The van der Waals surface area contributed by atoms with E-state index in [0.717, 1.165) is 112 Å². The van der Waals surface area contributed by atoms with Gasteiger partial charge in [0, 0.05) is 33.4 Å². The number of anilines is 6. The van der Waals surface area contributed by atoms with Crippen LogP contribution in [0.1, 0.15) is 88.9 Å². The molecule has 5 aliphatic rings. The van der Waals surface area contributed by atoms with Crippen molar-refractivity contribution in [2.75, 3.05) is 9.80 Å². The van der Waals surface area contributed by atoms with E-state index in [-0.39, 0.29) is 15.4 Å². The van der Waals surface area contributed by atoms with Crippen molar-refractivity contribution in [3.8, 4) is 73.6 Å². The van der Waals surface area contributed by atoms with Crippen molar-refractivity contribution in [1.29, 1.82) is 5.26 Å². The quantitative estimate of drug-likeness (QED) is 0.149. The minimum Gasteiger partial charge on any atom is -0.457 e. The number of para-hydroxylation sites is 4. The Kier molecular flexibility index (Phi) is 13.5. The van der Waals surface area contributed by atoms with Crippen molar-refractivity contribution in [3.05, 3.63) is 383 Å². The first-order valence-corrected chi connectivity index (χ1v) is 36.1. The molecule has 0 fully saturated rings. The predicted octanol–water partition coefficient (Wildman–Crippen LogP) is 23.1. The zero-order valence-electron chi connectivity index (χ0n) is 56.4. The average molecular weight is 1340 g/mol. The lowest BCUT2D eigenvalue weighted by Gasteiger charge is -2.51. The van der Waals surface area contributed by atoms with Crippen LogP contribution in [0.2, 0.25) is 0 Å². The lowest BCUT2D eigenvalue weighted by Crippen LogP contribution is -2.41. The van der Waals surface area contributed by atoms with Crippen molar-refractivity contribution in [2.24, 2.45) is 0 Å². The zero-order valence-corrected chi connectivity index (χ0v) is 57.2. The van der Waals surface area contributed by atoms with Crippen LogP contribution >= 0.6 is 0 Å². The Labute approximate surface area is 593 Å². The fraction of sp³-hybridized carbons (Fsp3) is 0.0860. The molecule has 0 aromatic heterocycles. The third-order valence-corrected chi connectivity index (χ3v) is 23.4. The minimum atomic E-state index is -4.64. The van der Waals surface area contributed by atoms with Crippen LogP contribution in [0.25, 0.3) is 44.5 Å². The number of nitrogens with zero attached hydrogens (tertiary/aromatic N) is 3. The van der Waals surface area contributed by atoms with E-state index >= 15 is 8.42 Å². The Bertz CT molecular complexity index is 5690. The number of benzene rings is 14. The second-order valence-corrected chi connectivity index (χ2v) is 29.8. The topological polar surface area (TPSA) is 92.1 Å². The van der Waals surface area contributed by atoms with Gasteiger partial charge >= 0.3 is 0 Å². The molecule has 8 nitrogen and oxygen atoms in total. The van der Waals surface area contributed by atoms with Crippen molar-refractivity contribution >= 4 is 44.0 Å². The Hall–Kier alpha value is -12.3. The fourth-order valence-electron chi connectivity index (χ4n) is 17.7. The number of hydrogen-bond donors (Lipinski definition) is 0. The standard InChI is InChI=1S/C93H65N3O5S/c1-90(2)85-86(91(3,4)101-90)89(102(97,98)67-36-18-9-19-37-67)68(58-94)87(95-77-50-46-63(59-28-10-5-11-29-59)54-73(77)92(74-55-64(47-51-78(74)95)60-30-12-6-13-31-60)69-38-20-24-42-81(69)99-82-43-25-21-39-70(82)92)88(85)96-79-52-48-65(61-32-14-7-15-33-61)56-75(79)93(76-57-66(49-53-80(76)96)62-34-16-8-17-35-62)71-40-22-26-44-83(71)100-84-45-27-23-41-72(84)93/h5-57H,1-4H3. The van der Waals surface area contributed by atoms with E-state index in [1.54, 1.807) is 24.3 Å². The molecule has 14 aromatic carbocycles. The highest BCUT2D eigenvalue weighted by Gasteiger charge is 2.58. The summed E-state index contributed by atoms with van der Waals surface area (Å²) in [7, 11) is -4.64. The van der Waals surface area contributed by atoms with E-state index in [9.17, 15) is 5.26 Å². The number of hydrogen-bond acceptors (Lipinski definition) is 8. The van der Waals surface area contributed by atoms with Gasteiger partial charge in [-0.25, -0.2) is 8.42 Å². The van der Waals surface area contributed by atoms with E-state index in [2.05, 4.69) is 272 Å². The summed E-state index contributed by atoms with van der Waals surface area (Å²) in [5.74, 6) is 2.82. The van der Waals surface area contributed by atoms with Crippen LogP contribution in [0.4, 0.5) is 34.1 Å². The van der Waals surface area contributed by atoms with Gasteiger partial charge in [0.1, 0.15) is 29.1 Å². The molecule has 5 aliphatic heterocycles. The second-order valence-electron chi connectivity index (χ2n) is 28.0. The van der Waals surface area contributed by atoms with Gasteiger partial charge in [-0.15, -0.1) is 0 Å². The maximum Gasteiger partial charge on any atom is 0.208 e. The fourth-order valence-corrected chi connectivity index (χ4v) is 19.5. The van der Waals surface area contributed by atoms with Gasteiger partial charge < -0.3 is 24.0 Å². The minimum absolute atomic E-state index is 0.0473. The van der Waals surface area contributed by atoms with Crippen molar-refractivity contribution in [1.82, 2.24) is 0 Å². The average Bonchev–Trinajstić information content (AvgIpc) is 1.35. The molecule has 0 atom stereocenters. The van der Waals surface area contributed by atoms with Gasteiger partial charge in [0.05, 0.1) is 71.5 Å². The molecule has 0 radical (unpaired) electrons. The van der Waals surface area contributed by atoms with Gasteiger partial charge in [0.25, 0.3) is 0 Å². The molecular formula is C93H65N3O5S. The summed E-state index contributed by atoms with van der Waals surface area (Å²) in [5.41, 5.74) is 15.5. The summed E-state index contributed by atoms with van der Waals surface area (Å²) < 4.78 is 55.6. The van der Waals surface area contributed by atoms with Crippen LogP contribution in [0, 0.1) is 11.3 Å². The smallest absolute Gasteiger partial charge is 0.208 e. The summed E-state index contributed by atoms with van der Waals surface area (Å²) in [5, 5.41) is 13.2. The molecule has 2 spiro atoms. The second kappa shape index (κ2) is 22.6. The molecule has 0 bridgehead atoms. The van der Waals surface area contributed by atoms with Crippen LogP contribution < -0.4 is 19.3 Å². The summed E-state index contributed by atoms with van der Waals surface area (Å²) in [4.78, 5) is 4.53. The van der Waals surface area contributed by atoms with Gasteiger partial charge in [-0.1, -0.05) is 237 Å². The molecule has 0 aliphatic carbocycles. The van der Waals surface area contributed by atoms with Gasteiger partial charge in [-0.3, -0.25) is 0 Å². The Morgan fingerprint density at radius 2 is 0.598 bits per heavy atom. The first kappa shape index (κ1) is 60.8. The third kappa shape index (κ3) is 8.67. The van der Waals surface area contributed by atoms with Crippen LogP contribution in [0.15, 0.2) is 331 Å². The van der Waals surface area contributed by atoms with Crippen molar-refractivity contribution in [2.45, 2.75) is 59.5 Å². The maximum absolute atomic E-state index is 16.9. The highest BCUT2D eigenvalue weighted by Crippen LogP contribution is 2.71. The van der Waals surface area contributed by atoms with E-state index in [1.807, 2.05) is 68.4 Å². The largest absolute Gasteiger partial charge is 0.457 e. The molecule has 0 unspecified atom stereocenters. The number of sulfone groups is 1. The Morgan fingerprint density at radius 1 is 0.314 bits per heavy atom. The van der Waals surface area contributed by atoms with E-state index in [0.29, 0.717) is 45.5 Å². The first-order chi connectivity index (χ1) is 49.8. The zero-order chi connectivity index (χ0) is 68.9. The van der Waals surface area contributed by atoms with Crippen LogP contribution in [0.3, 0.4) is 0 Å². The first-order valence-electron chi connectivity index (χ1n) is 34.6. The molecule has 9 heteroatoms. The highest BCUT2D eigenvalue weighted by atomic mass is 32.2. The number of rotatable bonds is 8. The maximum atomic E-state index is 16.9. The monoisotopic (exact) mass is 1340 g/mol. The van der Waals surface area contributed by atoms with Crippen LogP contribution in [0.5, 0.6) is 23.0 Å². The molecule has 0 N–H and O–H groups in total. The van der Waals surface area contributed by atoms with Crippen LogP contribution in [-0.2, 0) is 36.6 Å². The molecule has 0 saturated heterocycles. The molecule has 0 amide bonds. The van der Waals surface area contributed by atoms with Gasteiger partial charge in [0.2, 0.25) is 9.84 Å². The molecule has 0 saturated carbocycles. The summed E-state index contributed by atoms with van der Waals surface area (Å²) in [6, 6.07) is 114. The third-order valence-electron chi connectivity index (χ3n) is 21.6. The molecule has 19 rings (SSSR count). The SMILES string of the molecule is CC1(C)OC(C)(C)c2c1c(N1c3ccc(-c4ccccc4)cc3C3(c4ccccc4Oc4ccccc43)c3cc(-c4ccccc4)ccc31)c(N1c3ccc(-c4ccccc4)cc3C3(c4ccccc4Oc4ccccc43)c3cc(-c4ccccc4)ccc31)c(C#N)c2S(=O)(=O)c1ccccc1. The predicted molar refractivity (Wildman–Crippen MR) is 405 cm³/mol. The Balaban J connectivity index is 1.04. The summed E-state index contributed by atoms with van der Waals surface area (Å²) in [6.07, 6.45) is 0. The Morgan fingerprint density at radius 3 is 0.922 bits per heavy atom. The van der Waals surface area contributed by atoms with E-state index < -0.39 is 31.9 Å². The normalized spacial score (nSPS) is 15.3. The molecule has 488 valence electrons. The van der Waals surface area contributed by atoms with Gasteiger partial charge in [-0.2, -0.15) is 5.26 Å². The van der Waals surface area contributed by atoms with Gasteiger partial charge in [0.15, 0.2) is 0 Å². The van der Waals surface area contributed by atoms with E-state index in [1.165, 1.54) is 0 Å². The number of nitriles is 1. The molecule has 14 aromatic rings. The lowest BCUT2D eigenvalue weighted by molar-refractivity contribution is -0.105. The molecule has 102 heavy (non-hydrogen) atoms. The molecule has 5 heterocycles. The van der Waals surface area contributed by atoms with E-state index in [4.69, 9.17) is 14.2 Å². The lowest BCUT2D eigenvalue weighted by atomic mass is 9.60. The van der Waals surface area contributed by atoms with Gasteiger partial charge in [-0.05, 0) is 179 Å². The van der Waals surface area contributed by atoms with Crippen molar-refractivity contribution < 1.29 is 22.6 Å². The molecular weight excluding hydrogens is 1270 g/mol. The number of fused-ring (bicyclic) bond motifs is 17. The number of ether oxygens (including phenoxy) is 3. The summed E-state index contributed by atoms with van der Waals surface area (Å²) in [6.45, 7) is 7.99. The highest BCUT2D eigenvalue weighted by molar-refractivity contribution is 7.91. The van der Waals surface area contributed by atoms with Crippen LogP contribution in [-0.4, -0.2) is 8.42 Å².